The molecule has 19 heavy (non-hydrogen) atoms. The van der Waals surface area contributed by atoms with Crippen LogP contribution in [0.1, 0.15) is 0 Å². The van der Waals surface area contributed by atoms with E-state index in [1.807, 2.05) is 36.4 Å². The second-order valence-electron chi connectivity index (χ2n) is 4.17. The van der Waals surface area contributed by atoms with E-state index < -0.39 is 5.97 Å². The molecule has 0 saturated carbocycles. The van der Waals surface area contributed by atoms with Gasteiger partial charge in [-0.15, -0.1) is 0 Å². The molecule has 0 saturated heterocycles. The molecule has 0 amide bonds. The summed E-state index contributed by atoms with van der Waals surface area (Å²) in [7, 11) is 1.59. The molecule has 1 heterocycles. The molecule has 2 rings (SSSR count). The number of ether oxygens (including phenoxy) is 1. The molecule has 0 radical (unpaired) electrons. The van der Waals surface area contributed by atoms with E-state index in [1.165, 1.54) is 0 Å². The summed E-state index contributed by atoms with van der Waals surface area (Å²) < 4.78 is 5.00. The summed E-state index contributed by atoms with van der Waals surface area (Å²) in [5.74, 6) is -0.232. The summed E-state index contributed by atoms with van der Waals surface area (Å²) >= 11 is 0. The molecule has 0 unspecified atom stereocenters. The third-order valence-electron chi connectivity index (χ3n) is 2.80. The molecule has 0 aliphatic heterocycles. The van der Waals surface area contributed by atoms with Crippen molar-refractivity contribution in [3.05, 3.63) is 36.4 Å². The molecule has 100 valence electrons. The molecule has 1 aromatic carbocycles. The number of hydrogen-bond donors (Lipinski definition) is 1. The van der Waals surface area contributed by atoms with Crippen molar-refractivity contribution in [1.82, 2.24) is 4.98 Å². The molecule has 0 aliphatic carbocycles. The number of benzene rings is 1. The number of hydrogen-bond acceptors (Lipinski definition) is 4. The lowest BCUT2D eigenvalue weighted by molar-refractivity contribution is -0.135. The van der Waals surface area contributed by atoms with Crippen molar-refractivity contribution in [2.24, 2.45) is 0 Å². The van der Waals surface area contributed by atoms with Crippen LogP contribution < -0.4 is 4.90 Å². The minimum Gasteiger partial charge on any atom is -0.480 e. The van der Waals surface area contributed by atoms with Gasteiger partial charge >= 0.3 is 5.97 Å². The fourth-order valence-electron chi connectivity index (χ4n) is 1.87. The van der Waals surface area contributed by atoms with Crippen molar-refractivity contribution in [3.63, 3.8) is 0 Å². The van der Waals surface area contributed by atoms with Crippen LogP contribution in [0.3, 0.4) is 0 Å². The first kappa shape index (κ1) is 13.3. The van der Waals surface area contributed by atoms with Crippen molar-refractivity contribution in [2.75, 3.05) is 31.7 Å². The lowest BCUT2D eigenvalue weighted by Crippen LogP contribution is -2.33. The maximum absolute atomic E-state index is 10.9. The van der Waals surface area contributed by atoms with Crippen molar-refractivity contribution in [3.8, 4) is 0 Å². The van der Waals surface area contributed by atoms with E-state index in [1.54, 1.807) is 12.0 Å². The van der Waals surface area contributed by atoms with E-state index in [0.717, 1.165) is 10.9 Å². The van der Waals surface area contributed by atoms with Crippen molar-refractivity contribution >= 4 is 22.7 Å². The highest BCUT2D eigenvalue weighted by atomic mass is 16.5. The number of pyridine rings is 1. The summed E-state index contributed by atoms with van der Waals surface area (Å²) in [5.41, 5.74) is 0.854. The largest absolute Gasteiger partial charge is 0.480 e. The van der Waals surface area contributed by atoms with Crippen molar-refractivity contribution in [1.29, 1.82) is 0 Å². The van der Waals surface area contributed by atoms with Gasteiger partial charge in [0.05, 0.1) is 12.1 Å². The zero-order chi connectivity index (χ0) is 13.7. The average Bonchev–Trinajstić information content (AvgIpc) is 2.42. The Hall–Kier alpha value is -2.14. The third-order valence-corrected chi connectivity index (χ3v) is 2.80. The second-order valence-corrected chi connectivity index (χ2v) is 4.17. The van der Waals surface area contributed by atoms with Crippen LogP contribution in [0.4, 0.5) is 5.82 Å². The van der Waals surface area contributed by atoms with Gasteiger partial charge in [-0.1, -0.05) is 18.2 Å². The number of anilines is 1. The van der Waals surface area contributed by atoms with Crippen LogP contribution in [-0.2, 0) is 9.53 Å². The first-order valence-corrected chi connectivity index (χ1v) is 6.02. The van der Waals surface area contributed by atoms with Gasteiger partial charge in [-0.25, -0.2) is 4.98 Å². The van der Waals surface area contributed by atoms with Crippen molar-refractivity contribution in [2.45, 2.75) is 0 Å². The van der Waals surface area contributed by atoms with Gasteiger partial charge in [0.2, 0.25) is 0 Å². The third kappa shape index (κ3) is 3.42. The minimum atomic E-state index is -0.883. The Morgan fingerprint density at radius 3 is 2.84 bits per heavy atom. The number of aliphatic carboxylic acids is 1. The molecule has 5 heteroatoms. The Labute approximate surface area is 111 Å². The molecule has 2 aromatic rings. The van der Waals surface area contributed by atoms with E-state index in [4.69, 9.17) is 9.84 Å². The fourth-order valence-corrected chi connectivity index (χ4v) is 1.87. The first-order chi connectivity index (χ1) is 9.20. The highest BCUT2D eigenvalue weighted by molar-refractivity contribution is 5.81. The SMILES string of the molecule is COCCN(CC(=O)O)c1ccc2ccccc2n1. The Morgan fingerprint density at radius 2 is 2.11 bits per heavy atom. The number of carboxylic acid groups (broad SMARTS) is 1. The molecule has 0 aliphatic rings. The first-order valence-electron chi connectivity index (χ1n) is 6.02. The van der Waals surface area contributed by atoms with Crippen molar-refractivity contribution < 1.29 is 14.6 Å². The van der Waals surface area contributed by atoms with Gasteiger partial charge in [-0.05, 0) is 18.2 Å². The maximum Gasteiger partial charge on any atom is 0.323 e. The highest BCUT2D eigenvalue weighted by Crippen LogP contribution is 2.17. The van der Waals surface area contributed by atoms with Gasteiger partial charge in [0.1, 0.15) is 12.4 Å². The quantitative estimate of drug-likeness (QED) is 0.857. The molecule has 0 fully saturated rings. The fraction of sp³-hybridized carbons (Fsp3) is 0.286. The maximum atomic E-state index is 10.9. The number of nitrogens with zero attached hydrogens (tertiary/aromatic N) is 2. The van der Waals surface area contributed by atoms with Crippen LogP contribution in [0.15, 0.2) is 36.4 Å². The number of aromatic nitrogens is 1. The van der Waals surface area contributed by atoms with Gasteiger partial charge < -0.3 is 14.7 Å². The normalized spacial score (nSPS) is 10.6. The van der Waals surface area contributed by atoms with Crippen LogP contribution in [-0.4, -0.2) is 42.9 Å². The molecular weight excluding hydrogens is 244 g/mol. The van der Waals surface area contributed by atoms with E-state index in [9.17, 15) is 4.79 Å². The Kier molecular flexibility index (Phi) is 4.30. The predicted octanol–water partition coefficient (Wildman–Crippen LogP) is 1.77. The standard InChI is InChI=1S/C14H16N2O3/c1-19-9-8-16(10-14(17)18)13-7-6-11-4-2-3-5-12(11)15-13/h2-7H,8-10H2,1H3,(H,17,18). The summed E-state index contributed by atoms with van der Waals surface area (Å²) in [5, 5.41) is 9.98. The molecule has 1 aromatic heterocycles. The average molecular weight is 260 g/mol. The van der Waals surface area contributed by atoms with E-state index in [2.05, 4.69) is 4.98 Å². The Bertz CT molecular complexity index is 571. The van der Waals surface area contributed by atoms with Gasteiger partial charge in [-0.2, -0.15) is 0 Å². The highest BCUT2D eigenvalue weighted by Gasteiger charge is 2.12. The number of para-hydroxylation sites is 1. The topological polar surface area (TPSA) is 62.7 Å². The second kappa shape index (κ2) is 6.15. The summed E-state index contributed by atoms with van der Waals surface area (Å²) in [6.45, 7) is 0.866. The van der Waals surface area contributed by atoms with Crippen LogP contribution in [0.2, 0.25) is 0 Å². The summed E-state index contributed by atoms with van der Waals surface area (Å²) in [6, 6.07) is 11.5. The molecular formula is C14H16N2O3. The van der Waals surface area contributed by atoms with Gasteiger partial charge in [-0.3, -0.25) is 4.79 Å². The Morgan fingerprint density at radius 1 is 1.32 bits per heavy atom. The number of fused-ring (bicyclic) bond motifs is 1. The number of methoxy groups -OCH3 is 1. The lowest BCUT2D eigenvalue weighted by Gasteiger charge is -2.21. The molecule has 0 bridgehead atoms. The van der Waals surface area contributed by atoms with Crippen LogP contribution in [0, 0.1) is 0 Å². The number of rotatable bonds is 6. The van der Waals surface area contributed by atoms with Crippen LogP contribution in [0.25, 0.3) is 10.9 Å². The molecule has 1 N–H and O–H groups in total. The lowest BCUT2D eigenvalue weighted by atomic mass is 10.2. The summed E-state index contributed by atoms with van der Waals surface area (Å²) in [4.78, 5) is 17.1. The molecule has 0 atom stereocenters. The molecule has 0 spiro atoms. The zero-order valence-corrected chi connectivity index (χ0v) is 10.7. The van der Waals surface area contributed by atoms with E-state index >= 15 is 0 Å². The monoisotopic (exact) mass is 260 g/mol. The smallest absolute Gasteiger partial charge is 0.323 e. The van der Waals surface area contributed by atoms with Gasteiger partial charge in [0.25, 0.3) is 0 Å². The predicted molar refractivity (Wildman–Crippen MR) is 73.5 cm³/mol. The van der Waals surface area contributed by atoms with E-state index in [-0.39, 0.29) is 6.54 Å². The molecule has 5 nitrogen and oxygen atoms in total. The van der Waals surface area contributed by atoms with Gasteiger partial charge in [0.15, 0.2) is 0 Å². The zero-order valence-electron chi connectivity index (χ0n) is 10.7. The number of carbonyl (C=O) groups is 1. The van der Waals surface area contributed by atoms with Crippen LogP contribution in [0.5, 0.6) is 0 Å². The number of carboxylic acids is 1. The van der Waals surface area contributed by atoms with Gasteiger partial charge in [0, 0.05) is 19.0 Å². The minimum absolute atomic E-state index is 0.0886. The van der Waals surface area contributed by atoms with E-state index in [0.29, 0.717) is 19.0 Å². The summed E-state index contributed by atoms with van der Waals surface area (Å²) in [6.07, 6.45) is 0. The Balaban J connectivity index is 2.29. The van der Waals surface area contributed by atoms with Crippen LogP contribution >= 0.6 is 0 Å².